The van der Waals surface area contributed by atoms with E-state index in [1.807, 2.05) is 24.3 Å². The van der Waals surface area contributed by atoms with E-state index in [0.29, 0.717) is 0 Å². The van der Waals surface area contributed by atoms with E-state index >= 15 is 0 Å². The van der Waals surface area contributed by atoms with Crippen LogP contribution >= 0.6 is 0 Å². The number of hydrogen-bond donors (Lipinski definition) is 3. The Balaban J connectivity index is 1.37. The van der Waals surface area contributed by atoms with E-state index in [9.17, 15) is 15.0 Å². The molecule has 0 radical (unpaired) electrons. The fourth-order valence-electron chi connectivity index (χ4n) is 4.10. The van der Waals surface area contributed by atoms with Gasteiger partial charge in [-0.15, -0.1) is 0 Å². The maximum atomic E-state index is 11.6. The van der Waals surface area contributed by atoms with E-state index in [-0.39, 0.29) is 24.6 Å². The minimum Gasteiger partial charge on any atom is -0.502 e. The summed E-state index contributed by atoms with van der Waals surface area (Å²) in [6.45, 7) is 5.54. The van der Waals surface area contributed by atoms with E-state index in [1.165, 1.54) is 31.4 Å². The van der Waals surface area contributed by atoms with Crippen molar-refractivity contribution in [3.05, 3.63) is 93.2 Å². The van der Waals surface area contributed by atoms with Gasteiger partial charge in [0.05, 0.1) is 18.6 Å². The van der Waals surface area contributed by atoms with Crippen LogP contribution in [0.4, 0.5) is 0 Å². The molecule has 3 aromatic rings. The number of nitrogens with zero attached hydrogens (tertiary/aromatic N) is 2. The van der Waals surface area contributed by atoms with Crippen LogP contribution in [-0.4, -0.2) is 44.8 Å². The molecule has 1 atom stereocenters. The standard InChI is InChI=1S/C27H29N3O3/c1-2-19-14-30(15-19)16-22-7-5-20(6-8-22)3-4-21-9-11-23(12-10-21)24(17-31)13-25-26(32)27(33)29-18-28-25/h5-12,18-19,24,31-32H,2,13-17H2,1H3,(H,28,29,33)/t24-/m1/s1. The third kappa shape index (κ3) is 5.70. The molecule has 1 fully saturated rings. The summed E-state index contributed by atoms with van der Waals surface area (Å²) in [5.74, 6) is 6.57. The lowest BCUT2D eigenvalue weighted by atomic mass is 9.94. The van der Waals surface area contributed by atoms with Crippen molar-refractivity contribution in [2.45, 2.75) is 32.2 Å². The molecule has 1 aliphatic rings. The first-order valence-corrected chi connectivity index (χ1v) is 11.3. The lowest BCUT2D eigenvalue weighted by molar-refractivity contribution is 0.0899. The van der Waals surface area contributed by atoms with Crippen molar-refractivity contribution >= 4 is 0 Å². The maximum absolute atomic E-state index is 11.6. The molecular weight excluding hydrogens is 414 g/mol. The van der Waals surface area contributed by atoms with Crippen molar-refractivity contribution < 1.29 is 10.2 Å². The zero-order valence-corrected chi connectivity index (χ0v) is 18.8. The predicted octanol–water partition coefficient (Wildman–Crippen LogP) is 3.04. The molecule has 0 unspecified atom stereocenters. The van der Waals surface area contributed by atoms with Crippen LogP contribution in [-0.2, 0) is 13.0 Å². The van der Waals surface area contributed by atoms with E-state index < -0.39 is 11.3 Å². The average Bonchev–Trinajstić information content (AvgIpc) is 2.82. The molecule has 2 aromatic carbocycles. The van der Waals surface area contributed by atoms with E-state index in [0.717, 1.165) is 29.2 Å². The van der Waals surface area contributed by atoms with Crippen molar-refractivity contribution in [2.24, 2.45) is 5.92 Å². The van der Waals surface area contributed by atoms with Gasteiger partial charge in [0.2, 0.25) is 5.75 Å². The van der Waals surface area contributed by atoms with Crippen LogP contribution in [0.3, 0.4) is 0 Å². The number of hydrogen-bond acceptors (Lipinski definition) is 5. The number of nitrogens with one attached hydrogen (secondary N) is 1. The Kier molecular flexibility index (Phi) is 7.23. The van der Waals surface area contributed by atoms with E-state index in [4.69, 9.17) is 0 Å². The molecule has 6 heteroatoms. The molecule has 0 aliphatic carbocycles. The van der Waals surface area contributed by atoms with Gasteiger partial charge in [-0.25, -0.2) is 4.98 Å². The normalized spacial score (nSPS) is 14.8. The summed E-state index contributed by atoms with van der Waals surface area (Å²) in [7, 11) is 0. The lowest BCUT2D eigenvalue weighted by Crippen LogP contribution is -2.45. The second kappa shape index (κ2) is 10.5. The second-order valence-electron chi connectivity index (χ2n) is 8.65. The quantitative estimate of drug-likeness (QED) is 0.489. The van der Waals surface area contributed by atoms with E-state index in [1.54, 1.807) is 0 Å². The molecule has 1 saturated heterocycles. The van der Waals surface area contributed by atoms with Gasteiger partial charge in [-0.2, -0.15) is 0 Å². The summed E-state index contributed by atoms with van der Waals surface area (Å²) < 4.78 is 0. The second-order valence-corrected chi connectivity index (χ2v) is 8.65. The summed E-state index contributed by atoms with van der Waals surface area (Å²) >= 11 is 0. The van der Waals surface area contributed by atoms with E-state index in [2.05, 4.69) is 57.9 Å². The fraction of sp³-hybridized carbons (Fsp3) is 0.333. The molecule has 1 aliphatic heterocycles. The van der Waals surface area contributed by atoms with Gasteiger partial charge in [-0.3, -0.25) is 9.69 Å². The third-order valence-corrected chi connectivity index (χ3v) is 6.27. The Morgan fingerprint density at radius 1 is 1.09 bits per heavy atom. The van der Waals surface area contributed by atoms with Crippen LogP contribution in [0, 0.1) is 17.8 Å². The number of H-pyrrole nitrogens is 1. The van der Waals surface area contributed by atoms with Gasteiger partial charge in [0.1, 0.15) is 0 Å². The fourth-order valence-corrected chi connectivity index (χ4v) is 4.10. The summed E-state index contributed by atoms with van der Waals surface area (Å²) in [6, 6.07) is 16.1. The lowest BCUT2D eigenvalue weighted by Gasteiger charge is -2.38. The van der Waals surface area contributed by atoms with Crippen LogP contribution < -0.4 is 5.56 Å². The molecule has 1 aromatic heterocycles. The SMILES string of the molecule is CCC1CN(Cc2ccc(C#Cc3ccc([C@@H](CO)Cc4nc[nH]c(=O)c4O)cc3)cc2)C1. The Morgan fingerprint density at radius 2 is 1.73 bits per heavy atom. The Morgan fingerprint density at radius 3 is 2.33 bits per heavy atom. The number of aromatic nitrogens is 2. The van der Waals surface area contributed by atoms with Gasteiger partial charge < -0.3 is 15.2 Å². The first-order valence-electron chi connectivity index (χ1n) is 11.3. The van der Waals surface area contributed by atoms with Crippen molar-refractivity contribution in [2.75, 3.05) is 19.7 Å². The number of rotatable bonds is 7. The molecule has 0 amide bonds. The highest BCUT2D eigenvalue weighted by molar-refractivity contribution is 5.44. The molecule has 33 heavy (non-hydrogen) atoms. The van der Waals surface area contributed by atoms with Gasteiger partial charge in [0.15, 0.2) is 0 Å². The molecule has 170 valence electrons. The molecule has 0 bridgehead atoms. The van der Waals surface area contributed by atoms with Crippen LogP contribution in [0.15, 0.2) is 59.7 Å². The van der Waals surface area contributed by atoms with Crippen molar-refractivity contribution in [1.29, 1.82) is 0 Å². The highest BCUT2D eigenvalue weighted by Gasteiger charge is 2.24. The summed E-state index contributed by atoms with van der Waals surface area (Å²) in [5.41, 5.74) is 3.75. The molecule has 4 rings (SSSR count). The topological polar surface area (TPSA) is 89.5 Å². The third-order valence-electron chi connectivity index (χ3n) is 6.27. The molecule has 2 heterocycles. The largest absolute Gasteiger partial charge is 0.502 e. The highest BCUT2D eigenvalue weighted by Crippen LogP contribution is 2.23. The minimum atomic E-state index is -0.582. The molecule has 6 nitrogen and oxygen atoms in total. The Labute approximate surface area is 194 Å². The smallest absolute Gasteiger partial charge is 0.293 e. The first-order chi connectivity index (χ1) is 16.1. The maximum Gasteiger partial charge on any atom is 0.293 e. The summed E-state index contributed by atoms with van der Waals surface area (Å²) in [5, 5.41) is 19.7. The van der Waals surface area contributed by atoms with Gasteiger partial charge >= 0.3 is 0 Å². The monoisotopic (exact) mass is 443 g/mol. The van der Waals surface area contributed by atoms with Gasteiger partial charge in [0, 0.05) is 43.1 Å². The Bertz CT molecular complexity index is 1180. The molecule has 0 saturated carbocycles. The van der Waals surface area contributed by atoms with Gasteiger partial charge in [-0.1, -0.05) is 49.5 Å². The van der Waals surface area contributed by atoms with Gasteiger partial charge in [0.25, 0.3) is 5.56 Å². The van der Waals surface area contributed by atoms with Crippen molar-refractivity contribution in [1.82, 2.24) is 14.9 Å². The number of aromatic amines is 1. The van der Waals surface area contributed by atoms with Crippen LogP contribution in [0.5, 0.6) is 5.75 Å². The minimum absolute atomic E-state index is 0.123. The van der Waals surface area contributed by atoms with Gasteiger partial charge in [-0.05, 0) is 41.3 Å². The Hall–Kier alpha value is -3.40. The zero-order valence-electron chi connectivity index (χ0n) is 18.8. The summed E-state index contributed by atoms with van der Waals surface area (Å²) in [4.78, 5) is 20.4. The highest BCUT2D eigenvalue weighted by atomic mass is 16.3. The number of aliphatic hydroxyl groups excluding tert-OH is 1. The van der Waals surface area contributed by atoms with Crippen molar-refractivity contribution in [3.63, 3.8) is 0 Å². The van der Waals surface area contributed by atoms with Crippen molar-refractivity contribution in [3.8, 4) is 17.6 Å². The number of likely N-dealkylation sites (tertiary alicyclic amines) is 1. The number of aliphatic hydroxyl groups is 1. The zero-order chi connectivity index (χ0) is 23.2. The first kappa shape index (κ1) is 22.8. The number of aromatic hydroxyl groups is 1. The van der Waals surface area contributed by atoms with Crippen LogP contribution in [0.1, 0.15) is 47.2 Å². The number of benzene rings is 2. The van der Waals surface area contributed by atoms with Crippen LogP contribution in [0.25, 0.3) is 0 Å². The molecular formula is C27H29N3O3. The van der Waals surface area contributed by atoms with Crippen LogP contribution in [0.2, 0.25) is 0 Å². The predicted molar refractivity (Wildman–Crippen MR) is 128 cm³/mol. The summed E-state index contributed by atoms with van der Waals surface area (Å²) in [6.07, 6.45) is 2.78. The average molecular weight is 444 g/mol. The molecule has 3 N–H and O–H groups in total. The molecule has 0 spiro atoms.